The van der Waals surface area contributed by atoms with Crippen molar-refractivity contribution in [2.24, 2.45) is 0 Å². The van der Waals surface area contributed by atoms with E-state index < -0.39 is 0 Å². The van der Waals surface area contributed by atoms with Crippen LogP contribution in [0.2, 0.25) is 0 Å². The molecule has 3 aromatic rings. The van der Waals surface area contributed by atoms with Crippen molar-refractivity contribution in [3.05, 3.63) is 59.9 Å². The molecular formula is C26H34N4O3. The number of carbonyl (C=O) groups is 2. The molecule has 7 nitrogen and oxygen atoms in total. The largest absolute Gasteiger partial charge is 0.496 e. The molecular weight excluding hydrogens is 416 g/mol. The molecule has 176 valence electrons. The van der Waals surface area contributed by atoms with Gasteiger partial charge in [-0.2, -0.15) is 0 Å². The van der Waals surface area contributed by atoms with Crippen LogP contribution in [0.4, 0.5) is 0 Å². The van der Waals surface area contributed by atoms with Crippen LogP contribution in [0.1, 0.15) is 50.3 Å². The molecule has 33 heavy (non-hydrogen) atoms. The molecule has 0 saturated heterocycles. The molecule has 0 aliphatic heterocycles. The Morgan fingerprint density at radius 3 is 2.39 bits per heavy atom. The van der Waals surface area contributed by atoms with E-state index >= 15 is 0 Å². The van der Waals surface area contributed by atoms with Gasteiger partial charge in [0, 0.05) is 25.0 Å². The number of nitrogens with zero attached hydrogens (tertiary/aromatic N) is 3. The molecule has 0 aliphatic rings. The Morgan fingerprint density at radius 1 is 1.03 bits per heavy atom. The molecule has 0 bridgehead atoms. The number of nitrogens with one attached hydrogen (secondary N) is 1. The molecule has 0 spiro atoms. The maximum atomic E-state index is 13.1. The number of para-hydroxylation sites is 3. The quantitative estimate of drug-likeness (QED) is 0.473. The van der Waals surface area contributed by atoms with Gasteiger partial charge in [-0.3, -0.25) is 9.59 Å². The lowest BCUT2D eigenvalue weighted by molar-refractivity contribution is -0.135. The second-order valence-corrected chi connectivity index (χ2v) is 8.65. The highest BCUT2D eigenvalue weighted by atomic mass is 16.5. The Hall–Kier alpha value is -3.35. The molecule has 2 aromatic carbocycles. The normalized spacial score (nSPS) is 11.2. The van der Waals surface area contributed by atoms with Gasteiger partial charge < -0.3 is 19.5 Å². The molecule has 0 atom stereocenters. The van der Waals surface area contributed by atoms with Crippen molar-refractivity contribution in [3.63, 3.8) is 0 Å². The molecule has 7 heteroatoms. The summed E-state index contributed by atoms with van der Waals surface area (Å²) in [4.78, 5) is 32.3. The smallest absolute Gasteiger partial charge is 0.255 e. The summed E-state index contributed by atoms with van der Waals surface area (Å²) >= 11 is 0. The van der Waals surface area contributed by atoms with E-state index in [1.807, 2.05) is 73.6 Å². The van der Waals surface area contributed by atoms with Crippen LogP contribution in [-0.4, -0.2) is 52.0 Å². The number of aryl methyl sites for hydroxylation is 1. The van der Waals surface area contributed by atoms with Crippen molar-refractivity contribution in [1.82, 2.24) is 19.8 Å². The number of hydrogen-bond acceptors (Lipinski definition) is 4. The highest BCUT2D eigenvalue weighted by molar-refractivity contribution is 5.96. The number of benzene rings is 2. The first-order chi connectivity index (χ1) is 15.8. The van der Waals surface area contributed by atoms with Crippen molar-refractivity contribution in [3.8, 4) is 5.75 Å². The van der Waals surface area contributed by atoms with Gasteiger partial charge in [-0.15, -0.1) is 0 Å². The number of hydrogen-bond donors (Lipinski definition) is 1. The van der Waals surface area contributed by atoms with Gasteiger partial charge in [-0.25, -0.2) is 4.98 Å². The number of fused-ring (bicyclic) bond motifs is 1. The minimum absolute atomic E-state index is 0.0777. The summed E-state index contributed by atoms with van der Waals surface area (Å²) < 4.78 is 7.28. The zero-order valence-electron chi connectivity index (χ0n) is 20.2. The fraction of sp³-hybridized carbons (Fsp3) is 0.423. The second kappa shape index (κ2) is 11.0. The predicted molar refractivity (Wildman–Crippen MR) is 130 cm³/mol. The summed E-state index contributed by atoms with van der Waals surface area (Å²) in [6.07, 6.45) is 1.36. The average Bonchev–Trinajstić information content (AvgIpc) is 3.13. The lowest BCUT2D eigenvalue weighted by Crippen LogP contribution is -2.43. The van der Waals surface area contributed by atoms with Crippen LogP contribution in [0.5, 0.6) is 5.75 Å². The van der Waals surface area contributed by atoms with Crippen LogP contribution in [0.15, 0.2) is 48.5 Å². The van der Waals surface area contributed by atoms with E-state index in [9.17, 15) is 9.59 Å². The highest BCUT2D eigenvalue weighted by Crippen LogP contribution is 2.19. The third-order valence-electron chi connectivity index (χ3n) is 5.64. The van der Waals surface area contributed by atoms with Crippen LogP contribution < -0.4 is 10.1 Å². The van der Waals surface area contributed by atoms with E-state index in [0.29, 0.717) is 30.7 Å². The Bertz CT molecular complexity index is 1100. The first kappa shape index (κ1) is 24.3. The van der Waals surface area contributed by atoms with E-state index in [-0.39, 0.29) is 30.4 Å². The molecule has 0 aliphatic carbocycles. The summed E-state index contributed by atoms with van der Waals surface area (Å²) in [6, 6.07) is 15.3. The van der Waals surface area contributed by atoms with E-state index in [2.05, 4.69) is 5.32 Å². The van der Waals surface area contributed by atoms with Gasteiger partial charge in [0.15, 0.2) is 0 Å². The minimum atomic E-state index is -0.166. The van der Waals surface area contributed by atoms with Crippen molar-refractivity contribution in [1.29, 1.82) is 0 Å². The van der Waals surface area contributed by atoms with Crippen LogP contribution in [0.25, 0.3) is 11.0 Å². The molecule has 2 amide bonds. The van der Waals surface area contributed by atoms with Gasteiger partial charge in [0.25, 0.3) is 5.91 Å². The summed E-state index contributed by atoms with van der Waals surface area (Å²) in [5.74, 6) is 1.31. The molecule has 1 N–H and O–H groups in total. The first-order valence-corrected chi connectivity index (χ1v) is 11.5. The molecule has 1 heterocycles. The van der Waals surface area contributed by atoms with Gasteiger partial charge in [0.2, 0.25) is 5.91 Å². The molecule has 1 aromatic heterocycles. The first-order valence-electron chi connectivity index (χ1n) is 11.5. The van der Waals surface area contributed by atoms with Gasteiger partial charge in [-0.1, -0.05) is 24.3 Å². The SMILES string of the molecule is COc1ccccc1C(=O)NCCCc1nc2ccccc2n1CC(=O)N(C(C)C)C(C)C. The lowest BCUT2D eigenvalue weighted by atomic mass is 10.2. The predicted octanol–water partition coefficient (Wildman–Crippen LogP) is 4.05. The molecule has 3 rings (SSSR count). The van der Waals surface area contributed by atoms with Crippen LogP contribution in [0.3, 0.4) is 0 Å². The summed E-state index contributed by atoms with van der Waals surface area (Å²) in [6.45, 7) is 8.90. The second-order valence-electron chi connectivity index (χ2n) is 8.65. The Balaban J connectivity index is 1.70. The fourth-order valence-electron chi connectivity index (χ4n) is 4.26. The third kappa shape index (κ3) is 5.72. The zero-order valence-corrected chi connectivity index (χ0v) is 20.2. The number of amides is 2. The molecule has 0 radical (unpaired) electrons. The molecule has 0 saturated carbocycles. The maximum Gasteiger partial charge on any atom is 0.255 e. The van der Waals surface area contributed by atoms with Gasteiger partial charge in [0.1, 0.15) is 18.1 Å². The number of carbonyl (C=O) groups excluding carboxylic acids is 2. The van der Waals surface area contributed by atoms with Crippen molar-refractivity contribution in [2.75, 3.05) is 13.7 Å². The number of imidazole rings is 1. The monoisotopic (exact) mass is 450 g/mol. The summed E-state index contributed by atoms with van der Waals surface area (Å²) in [7, 11) is 1.55. The number of rotatable bonds is 10. The van der Waals surface area contributed by atoms with E-state index in [0.717, 1.165) is 16.9 Å². The van der Waals surface area contributed by atoms with Gasteiger partial charge in [0.05, 0.1) is 23.7 Å². The van der Waals surface area contributed by atoms with Gasteiger partial charge in [-0.05, 0) is 58.4 Å². The summed E-state index contributed by atoms with van der Waals surface area (Å²) in [5, 5.41) is 2.95. The van der Waals surface area contributed by atoms with Gasteiger partial charge >= 0.3 is 0 Å². The minimum Gasteiger partial charge on any atom is -0.496 e. The Labute approximate surface area is 195 Å². The van der Waals surface area contributed by atoms with E-state index in [4.69, 9.17) is 9.72 Å². The Kier molecular flexibility index (Phi) is 8.09. The molecule has 0 fully saturated rings. The topological polar surface area (TPSA) is 76.5 Å². The van der Waals surface area contributed by atoms with Crippen LogP contribution >= 0.6 is 0 Å². The summed E-state index contributed by atoms with van der Waals surface area (Å²) in [5.41, 5.74) is 2.34. The average molecular weight is 451 g/mol. The van der Waals surface area contributed by atoms with E-state index in [1.165, 1.54) is 0 Å². The Morgan fingerprint density at radius 2 is 1.70 bits per heavy atom. The van der Waals surface area contributed by atoms with Crippen LogP contribution in [0, 0.1) is 0 Å². The third-order valence-corrected chi connectivity index (χ3v) is 5.64. The lowest BCUT2D eigenvalue weighted by Gasteiger charge is -2.31. The number of ether oxygens (including phenoxy) is 1. The molecule has 0 unspecified atom stereocenters. The van der Waals surface area contributed by atoms with Crippen molar-refractivity contribution < 1.29 is 14.3 Å². The maximum absolute atomic E-state index is 13.1. The van der Waals surface area contributed by atoms with Crippen molar-refractivity contribution >= 4 is 22.8 Å². The van der Waals surface area contributed by atoms with E-state index in [1.54, 1.807) is 19.2 Å². The fourth-order valence-corrected chi connectivity index (χ4v) is 4.26. The standard InChI is InChI=1S/C26H34N4O3/c1-18(2)30(19(3)4)25(31)17-29-22-13-8-7-12-21(22)28-24(29)15-10-16-27-26(32)20-11-6-9-14-23(20)33-5/h6-9,11-14,18-19H,10,15-17H2,1-5H3,(H,27,32). The van der Waals surface area contributed by atoms with Crippen LogP contribution in [-0.2, 0) is 17.8 Å². The number of aromatic nitrogens is 2. The van der Waals surface area contributed by atoms with Crippen molar-refractivity contribution in [2.45, 2.75) is 59.2 Å². The number of methoxy groups -OCH3 is 1. The highest BCUT2D eigenvalue weighted by Gasteiger charge is 2.22. The zero-order chi connectivity index (χ0) is 24.0.